The summed E-state index contributed by atoms with van der Waals surface area (Å²) < 4.78 is 3.98. The first kappa shape index (κ1) is 11.9. The highest BCUT2D eigenvalue weighted by atomic mass is 15.3. The molecule has 0 aliphatic rings. The number of imidazole rings is 1. The van der Waals surface area contributed by atoms with E-state index in [1.807, 2.05) is 44.4 Å². The predicted octanol–water partition coefficient (Wildman–Crippen LogP) is 1.05. The summed E-state index contributed by atoms with van der Waals surface area (Å²) in [5.74, 6) is 1.12. The van der Waals surface area contributed by atoms with Crippen molar-refractivity contribution in [1.82, 2.24) is 24.6 Å². The van der Waals surface area contributed by atoms with E-state index in [1.165, 1.54) is 5.69 Å². The van der Waals surface area contributed by atoms with Crippen LogP contribution in [0.15, 0.2) is 24.7 Å². The summed E-state index contributed by atoms with van der Waals surface area (Å²) in [7, 11) is 5.98. The van der Waals surface area contributed by atoms with Crippen LogP contribution in [0.25, 0.3) is 0 Å². The molecule has 5 heteroatoms. The molecule has 1 atom stereocenters. The maximum absolute atomic E-state index is 4.34. The summed E-state index contributed by atoms with van der Waals surface area (Å²) in [6.45, 7) is 0. The topological polar surface area (TPSA) is 47.7 Å². The lowest BCUT2D eigenvalue weighted by molar-refractivity contribution is 0.498. The van der Waals surface area contributed by atoms with E-state index in [2.05, 4.69) is 26.0 Å². The van der Waals surface area contributed by atoms with E-state index in [0.29, 0.717) is 6.04 Å². The third-order valence-electron chi connectivity index (χ3n) is 3.14. The minimum atomic E-state index is 0.319. The van der Waals surface area contributed by atoms with Crippen LogP contribution in [0.3, 0.4) is 0 Å². The predicted molar refractivity (Wildman–Crippen MR) is 66.5 cm³/mol. The number of rotatable bonds is 5. The van der Waals surface area contributed by atoms with E-state index in [0.717, 1.165) is 18.7 Å². The van der Waals surface area contributed by atoms with Crippen molar-refractivity contribution in [2.75, 3.05) is 7.05 Å². The summed E-state index contributed by atoms with van der Waals surface area (Å²) in [4.78, 5) is 4.34. The highest BCUT2D eigenvalue weighted by Crippen LogP contribution is 2.17. The van der Waals surface area contributed by atoms with E-state index in [9.17, 15) is 0 Å². The van der Waals surface area contributed by atoms with E-state index >= 15 is 0 Å². The Morgan fingerprint density at radius 3 is 2.71 bits per heavy atom. The van der Waals surface area contributed by atoms with Gasteiger partial charge in [0.25, 0.3) is 0 Å². The van der Waals surface area contributed by atoms with Crippen molar-refractivity contribution in [3.05, 3.63) is 36.2 Å². The Morgan fingerprint density at radius 1 is 1.35 bits per heavy atom. The van der Waals surface area contributed by atoms with Crippen LogP contribution in [0.4, 0.5) is 0 Å². The second-order valence-corrected chi connectivity index (χ2v) is 4.21. The Morgan fingerprint density at radius 2 is 2.18 bits per heavy atom. The Hall–Kier alpha value is -1.62. The molecule has 2 heterocycles. The van der Waals surface area contributed by atoms with Gasteiger partial charge < -0.3 is 9.88 Å². The molecule has 0 fully saturated rings. The number of hydrogen-bond acceptors (Lipinski definition) is 3. The van der Waals surface area contributed by atoms with Gasteiger partial charge >= 0.3 is 0 Å². The number of nitrogens with zero attached hydrogens (tertiary/aromatic N) is 4. The van der Waals surface area contributed by atoms with Crippen LogP contribution in [0.5, 0.6) is 0 Å². The van der Waals surface area contributed by atoms with Crippen molar-refractivity contribution < 1.29 is 0 Å². The lowest BCUT2D eigenvalue weighted by Crippen LogP contribution is -2.20. The van der Waals surface area contributed by atoms with Crippen molar-refractivity contribution in [1.29, 1.82) is 0 Å². The summed E-state index contributed by atoms with van der Waals surface area (Å²) >= 11 is 0. The Labute approximate surface area is 101 Å². The molecule has 1 unspecified atom stereocenters. The zero-order chi connectivity index (χ0) is 12.3. The van der Waals surface area contributed by atoms with Gasteiger partial charge in [-0.1, -0.05) is 0 Å². The van der Waals surface area contributed by atoms with Gasteiger partial charge in [-0.05, 0) is 19.5 Å². The molecule has 0 aliphatic heterocycles. The fraction of sp³-hybridized carbons (Fsp3) is 0.500. The molecular formula is C12H19N5. The molecule has 0 aromatic carbocycles. The molecule has 2 rings (SSSR count). The van der Waals surface area contributed by atoms with Gasteiger partial charge in [0.05, 0.1) is 5.69 Å². The second-order valence-electron chi connectivity index (χ2n) is 4.21. The first-order chi connectivity index (χ1) is 8.22. The van der Waals surface area contributed by atoms with Crippen LogP contribution < -0.4 is 5.32 Å². The smallest absolute Gasteiger partial charge is 0.108 e. The van der Waals surface area contributed by atoms with Crippen LogP contribution in [0.2, 0.25) is 0 Å². The lowest BCUT2D eigenvalue weighted by Gasteiger charge is -2.16. The largest absolute Gasteiger partial charge is 0.338 e. The number of hydrogen-bond donors (Lipinski definition) is 1. The molecule has 0 bridgehead atoms. The van der Waals surface area contributed by atoms with Crippen molar-refractivity contribution in [2.45, 2.75) is 18.9 Å². The van der Waals surface area contributed by atoms with Crippen molar-refractivity contribution in [3.8, 4) is 0 Å². The molecule has 0 amide bonds. The second kappa shape index (κ2) is 5.14. The van der Waals surface area contributed by atoms with Gasteiger partial charge in [-0.25, -0.2) is 4.98 Å². The highest BCUT2D eigenvalue weighted by molar-refractivity contribution is 5.07. The van der Waals surface area contributed by atoms with Gasteiger partial charge in [0, 0.05) is 45.1 Å². The molecule has 1 N–H and O–H groups in total. The summed E-state index contributed by atoms with van der Waals surface area (Å²) in [6, 6.07) is 2.37. The minimum Gasteiger partial charge on any atom is -0.338 e. The van der Waals surface area contributed by atoms with Crippen LogP contribution in [0.1, 0.15) is 24.0 Å². The molecule has 2 aromatic heterocycles. The maximum Gasteiger partial charge on any atom is 0.108 e. The van der Waals surface area contributed by atoms with Crippen molar-refractivity contribution >= 4 is 0 Å². The molecule has 5 nitrogen and oxygen atoms in total. The van der Waals surface area contributed by atoms with Crippen LogP contribution in [-0.2, 0) is 20.5 Å². The zero-order valence-corrected chi connectivity index (χ0v) is 10.6. The summed E-state index contributed by atoms with van der Waals surface area (Å²) in [6.07, 6.45) is 7.63. The third-order valence-corrected chi connectivity index (χ3v) is 3.14. The van der Waals surface area contributed by atoms with Gasteiger partial charge in [0.1, 0.15) is 5.82 Å². The monoisotopic (exact) mass is 233 g/mol. The average molecular weight is 233 g/mol. The Kier molecular flexibility index (Phi) is 3.58. The van der Waals surface area contributed by atoms with E-state index in [4.69, 9.17) is 0 Å². The Balaban J connectivity index is 2.02. The molecule has 2 aromatic rings. The number of nitrogens with one attached hydrogen (secondary N) is 1. The molecule has 0 aliphatic carbocycles. The zero-order valence-electron chi connectivity index (χ0n) is 10.6. The highest BCUT2D eigenvalue weighted by Gasteiger charge is 2.13. The van der Waals surface area contributed by atoms with Gasteiger partial charge in [-0.3, -0.25) is 4.68 Å². The summed E-state index contributed by atoms with van der Waals surface area (Å²) in [5.41, 5.74) is 1.21. The molecule has 17 heavy (non-hydrogen) atoms. The van der Waals surface area contributed by atoms with Gasteiger partial charge in [-0.15, -0.1) is 0 Å². The van der Waals surface area contributed by atoms with Crippen molar-refractivity contribution in [3.63, 3.8) is 0 Å². The molecule has 0 saturated carbocycles. The molecule has 0 saturated heterocycles. The van der Waals surface area contributed by atoms with Gasteiger partial charge in [0.2, 0.25) is 0 Å². The van der Waals surface area contributed by atoms with Gasteiger partial charge in [0.15, 0.2) is 0 Å². The number of aryl methyl sites for hydroxylation is 3. The first-order valence-corrected chi connectivity index (χ1v) is 5.83. The minimum absolute atomic E-state index is 0.319. The van der Waals surface area contributed by atoms with E-state index in [-0.39, 0.29) is 0 Å². The van der Waals surface area contributed by atoms with Crippen molar-refractivity contribution in [2.24, 2.45) is 14.1 Å². The summed E-state index contributed by atoms with van der Waals surface area (Å²) in [5, 5.41) is 7.53. The third kappa shape index (κ3) is 2.55. The fourth-order valence-electron chi connectivity index (χ4n) is 2.08. The van der Waals surface area contributed by atoms with E-state index in [1.54, 1.807) is 0 Å². The fourth-order valence-corrected chi connectivity index (χ4v) is 2.08. The molecule has 0 radical (unpaired) electrons. The Bertz CT molecular complexity index is 471. The average Bonchev–Trinajstić information content (AvgIpc) is 2.90. The molecule has 0 spiro atoms. The lowest BCUT2D eigenvalue weighted by atomic mass is 10.1. The van der Waals surface area contributed by atoms with Gasteiger partial charge in [-0.2, -0.15) is 5.10 Å². The molecular weight excluding hydrogens is 214 g/mol. The quantitative estimate of drug-likeness (QED) is 0.839. The maximum atomic E-state index is 4.34. The van der Waals surface area contributed by atoms with E-state index < -0.39 is 0 Å². The van der Waals surface area contributed by atoms with Crippen LogP contribution in [-0.4, -0.2) is 26.4 Å². The normalized spacial score (nSPS) is 12.9. The van der Waals surface area contributed by atoms with Crippen LogP contribution in [0, 0.1) is 0 Å². The standard InChI is InChI=1S/C12H19N5/c1-13-10(11-6-7-15-17(11)3)4-5-12-14-8-9-16(12)2/h6-10,13H,4-5H2,1-3H3. The molecule has 92 valence electrons. The van der Waals surface area contributed by atoms with Crippen LogP contribution >= 0.6 is 0 Å². The number of aromatic nitrogens is 4. The SMILES string of the molecule is CNC(CCc1nccn1C)c1ccnn1C. The first-order valence-electron chi connectivity index (χ1n) is 5.83.